The van der Waals surface area contributed by atoms with Crippen molar-refractivity contribution >= 4 is 11.9 Å². The molecule has 32 heavy (non-hydrogen) atoms. The number of ether oxygens (including phenoxy) is 1. The lowest BCUT2D eigenvalue weighted by Crippen LogP contribution is -2.50. The summed E-state index contributed by atoms with van der Waals surface area (Å²) >= 11 is 0. The van der Waals surface area contributed by atoms with E-state index in [-0.39, 0.29) is 12.3 Å². The lowest BCUT2D eigenvalue weighted by Gasteiger charge is -2.37. The van der Waals surface area contributed by atoms with E-state index in [1.807, 2.05) is 91.0 Å². The Balaban J connectivity index is 2.02. The van der Waals surface area contributed by atoms with Crippen molar-refractivity contribution in [2.75, 3.05) is 0 Å². The van der Waals surface area contributed by atoms with Gasteiger partial charge >= 0.3 is 5.97 Å². The molecule has 5 nitrogen and oxygen atoms in total. The summed E-state index contributed by atoms with van der Waals surface area (Å²) in [6.07, 6.45) is -0.191. The van der Waals surface area contributed by atoms with Gasteiger partial charge in [-0.15, -0.1) is 0 Å². The second-order valence-corrected chi connectivity index (χ2v) is 8.74. The highest BCUT2D eigenvalue weighted by Gasteiger charge is 2.38. The van der Waals surface area contributed by atoms with Gasteiger partial charge in [-0.05, 0) is 37.5 Å². The van der Waals surface area contributed by atoms with Gasteiger partial charge in [0.2, 0.25) is 5.91 Å². The number of hydrogen-bond donors (Lipinski definition) is 2. The fourth-order valence-electron chi connectivity index (χ4n) is 3.70. The van der Waals surface area contributed by atoms with E-state index < -0.39 is 23.2 Å². The monoisotopic (exact) mass is 430 g/mol. The van der Waals surface area contributed by atoms with Gasteiger partial charge in [0.1, 0.15) is 17.2 Å². The number of nitrogens with two attached hydrogens (primary N) is 1. The van der Waals surface area contributed by atoms with Crippen LogP contribution in [0.25, 0.3) is 0 Å². The van der Waals surface area contributed by atoms with Crippen LogP contribution in [-0.4, -0.2) is 23.5 Å². The molecule has 0 aliphatic rings. The molecule has 0 spiro atoms. The molecule has 3 aromatic carbocycles. The molecular weight excluding hydrogens is 400 g/mol. The van der Waals surface area contributed by atoms with Crippen LogP contribution in [0.2, 0.25) is 0 Å². The highest BCUT2D eigenvalue weighted by Crippen LogP contribution is 2.36. The maximum Gasteiger partial charge on any atom is 0.323 e. The fraction of sp³-hybridized carbons (Fsp3) is 0.259. The van der Waals surface area contributed by atoms with Crippen molar-refractivity contribution in [2.45, 2.75) is 44.4 Å². The van der Waals surface area contributed by atoms with Crippen molar-refractivity contribution in [3.63, 3.8) is 0 Å². The minimum absolute atomic E-state index is 0.191. The summed E-state index contributed by atoms with van der Waals surface area (Å²) in [6, 6.07) is 28.3. The zero-order valence-electron chi connectivity index (χ0n) is 18.7. The molecule has 3 N–H and O–H groups in total. The molecule has 0 saturated carbocycles. The highest BCUT2D eigenvalue weighted by molar-refractivity contribution is 5.86. The SMILES string of the molecule is CC(C)(C)OC(=O)[C@H](N)CC(=O)NC(c1ccccc1)(c1ccccc1)c1ccccc1. The summed E-state index contributed by atoms with van der Waals surface area (Å²) in [5.41, 5.74) is 7.10. The van der Waals surface area contributed by atoms with Crippen LogP contribution in [0.3, 0.4) is 0 Å². The summed E-state index contributed by atoms with van der Waals surface area (Å²) in [4.78, 5) is 25.6. The molecule has 0 unspecified atom stereocenters. The Kier molecular flexibility index (Phi) is 7.11. The van der Waals surface area contributed by atoms with Crippen molar-refractivity contribution in [1.82, 2.24) is 5.32 Å². The van der Waals surface area contributed by atoms with Crippen molar-refractivity contribution in [3.05, 3.63) is 108 Å². The Morgan fingerprint density at radius 1 is 0.781 bits per heavy atom. The highest BCUT2D eigenvalue weighted by atomic mass is 16.6. The van der Waals surface area contributed by atoms with Gasteiger partial charge in [0.15, 0.2) is 0 Å². The van der Waals surface area contributed by atoms with Crippen LogP contribution >= 0.6 is 0 Å². The number of carbonyl (C=O) groups excluding carboxylic acids is 2. The summed E-state index contributed by atoms with van der Waals surface area (Å²) in [5, 5.41) is 3.20. The zero-order chi connectivity index (χ0) is 23.2. The maximum absolute atomic E-state index is 13.3. The first-order chi connectivity index (χ1) is 15.2. The third-order valence-corrected chi connectivity index (χ3v) is 5.06. The Morgan fingerprint density at radius 2 is 1.16 bits per heavy atom. The van der Waals surface area contributed by atoms with E-state index in [0.29, 0.717) is 0 Å². The van der Waals surface area contributed by atoms with Crippen LogP contribution in [0.1, 0.15) is 43.9 Å². The topological polar surface area (TPSA) is 81.4 Å². The summed E-state index contributed by atoms with van der Waals surface area (Å²) < 4.78 is 5.34. The van der Waals surface area contributed by atoms with Gasteiger partial charge in [-0.3, -0.25) is 9.59 Å². The van der Waals surface area contributed by atoms with E-state index in [2.05, 4.69) is 5.32 Å². The molecule has 166 valence electrons. The largest absolute Gasteiger partial charge is 0.459 e. The van der Waals surface area contributed by atoms with E-state index >= 15 is 0 Å². The average molecular weight is 431 g/mol. The Labute approximate surface area is 189 Å². The molecule has 0 bridgehead atoms. The van der Waals surface area contributed by atoms with E-state index in [0.717, 1.165) is 16.7 Å². The zero-order valence-corrected chi connectivity index (χ0v) is 18.7. The predicted molar refractivity (Wildman–Crippen MR) is 126 cm³/mol. The summed E-state index contributed by atoms with van der Waals surface area (Å²) in [6.45, 7) is 5.30. The van der Waals surface area contributed by atoms with Gasteiger partial charge in [0, 0.05) is 0 Å². The van der Waals surface area contributed by atoms with Gasteiger partial charge in [0.05, 0.1) is 6.42 Å². The third kappa shape index (κ3) is 5.42. The Morgan fingerprint density at radius 3 is 1.50 bits per heavy atom. The average Bonchev–Trinajstić information content (AvgIpc) is 2.78. The first-order valence-corrected chi connectivity index (χ1v) is 10.7. The van der Waals surface area contributed by atoms with Crippen LogP contribution in [0.5, 0.6) is 0 Å². The Bertz CT molecular complexity index is 932. The first kappa shape index (κ1) is 23.2. The number of hydrogen-bond acceptors (Lipinski definition) is 4. The van der Waals surface area contributed by atoms with E-state index in [1.165, 1.54) is 0 Å². The number of carbonyl (C=O) groups is 2. The number of rotatable bonds is 7. The number of esters is 1. The molecule has 0 aliphatic carbocycles. The van der Waals surface area contributed by atoms with E-state index in [9.17, 15) is 9.59 Å². The molecule has 0 radical (unpaired) electrons. The standard InChI is InChI=1S/C27H30N2O3/c1-26(2,3)32-25(31)23(28)19-24(30)29-27(20-13-7-4-8-14-20,21-15-9-5-10-16-21)22-17-11-6-12-18-22/h4-18,23H,19,28H2,1-3H3,(H,29,30)/t23-/m1/s1. The molecule has 3 rings (SSSR count). The molecule has 0 aliphatic heterocycles. The molecule has 0 fully saturated rings. The molecule has 0 saturated heterocycles. The first-order valence-electron chi connectivity index (χ1n) is 10.7. The van der Waals surface area contributed by atoms with Crippen molar-refractivity contribution in [3.8, 4) is 0 Å². The molecule has 0 aromatic heterocycles. The number of benzene rings is 3. The molecule has 1 atom stereocenters. The van der Waals surface area contributed by atoms with Crippen LogP contribution < -0.4 is 11.1 Å². The van der Waals surface area contributed by atoms with Crippen LogP contribution in [-0.2, 0) is 19.9 Å². The minimum atomic E-state index is -1.06. The molecule has 1 amide bonds. The van der Waals surface area contributed by atoms with Gasteiger partial charge in [-0.25, -0.2) is 0 Å². The normalized spacial score (nSPS) is 12.6. The lowest BCUT2D eigenvalue weighted by molar-refractivity contribution is -0.157. The minimum Gasteiger partial charge on any atom is -0.459 e. The van der Waals surface area contributed by atoms with Crippen LogP contribution in [0.15, 0.2) is 91.0 Å². The van der Waals surface area contributed by atoms with E-state index in [1.54, 1.807) is 20.8 Å². The molecule has 0 heterocycles. The fourth-order valence-corrected chi connectivity index (χ4v) is 3.70. The van der Waals surface area contributed by atoms with Crippen LogP contribution in [0.4, 0.5) is 0 Å². The predicted octanol–water partition coefficient (Wildman–Crippen LogP) is 4.15. The van der Waals surface area contributed by atoms with Crippen LogP contribution in [0, 0.1) is 0 Å². The smallest absolute Gasteiger partial charge is 0.323 e. The molecular formula is C27H30N2O3. The second-order valence-electron chi connectivity index (χ2n) is 8.74. The second kappa shape index (κ2) is 9.79. The van der Waals surface area contributed by atoms with Gasteiger partial charge in [-0.2, -0.15) is 0 Å². The third-order valence-electron chi connectivity index (χ3n) is 5.06. The summed E-state index contributed by atoms with van der Waals surface area (Å²) in [7, 11) is 0. The lowest BCUT2D eigenvalue weighted by atomic mass is 9.77. The number of nitrogens with one attached hydrogen (secondary N) is 1. The van der Waals surface area contributed by atoms with Crippen molar-refractivity contribution < 1.29 is 14.3 Å². The summed E-state index contributed by atoms with van der Waals surface area (Å²) in [5.74, 6) is -0.947. The van der Waals surface area contributed by atoms with Crippen molar-refractivity contribution in [1.29, 1.82) is 0 Å². The quantitative estimate of drug-likeness (QED) is 0.436. The Hall–Kier alpha value is -3.44. The molecule has 5 heteroatoms. The van der Waals surface area contributed by atoms with E-state index in [4.69, 9.17) is 10.5 Å². The maximum atomic E-state index is 13.3. The number of amides is 1. The molecule has 3 aromatic rings. The van der Waals surface area contributed by atoms with Crippen molar-refractivity contribution in [2.24, 2.45) is 5.73 Å². The van der Waals surface area contributed by atoms with Gasteiger partial charge < -0.3 is 15.8 Å². The van der Waals surface area contributed by atoms with Gasteiger partial charge in [0.25, 0.3) is 0 Å². The van der Waals surface area contributed by atoms with Gasteiger partial charge in [-0.1, -0.05) is 91.0 Å².